The Kier molecular flexibility index (Phi) is 3.26. The van der Waals surface area contributed by atoms with Gasteiger partial charge >= 0.3 is 0 Å². The second kappa shape index (κ2) is 4.58. The van der Waals surface area contributed by atoms with E-state index in [1.165, 1.54) is 0 Å². The van der Waals surface area contributed by atoms with Gasteiger partial charge in [0.25, 0.3) is 0 Å². The average molecular weight is 258 g/mol. The summed E-state index contributed by atoms with van der Waals surface area (Å²) in [5, 5.41) is 5.75. The molecule has 0 radical (unpaired) electrons. The zero-order chi connectivity index (χ0) is 13.3. The lowest BCUT2D eigenvalue weighted by molar-refractivity contribution is 0.635. The van der Waals surface area contributed by atoms with E-state index in [1.54, 1.807) is 0 Å². The molecule has 0 aliphatic rings. The molecule has 0 atom stereocenters. The lowest BCUT2D eigenvalue weighted by Gasteiger charge is -2.24. The van der Waals surface area contributed by atoms with E-state index in [1.807, 2.05) is 24.3 Å². The monoisotopic (exact) mass is 258 g/mol. The molecule has 2 nitrogen and oxygen atoms in total. The minimum atomic E-state index is 0.0213. The highest BCUT2D eigenvalue weighted by molar-refractivity contribution is 7.80. The number of rotatable bonds is 2. The van der Waals surface area contributed by atoms with Crippen LogP contribution in [0.5, 0.6) is 0 Å². The Hall–Kier alpha value is -1.61. The summed E-state index contributed by atoms with van der Waals surface area (Å²) in [4.78, 5) is 0.438. The Morgan fingerprint density at radius 3 is 2.22 bits per heavy atom. The Labute approximate surface area is 113 Å². The van der Waals surface area contributed by atoms with E-state index < -0.39 is 0 Å². The normalized spacial score (nSPS) is 11.5. The zero-order valence-electron chi connectivity index (χ0n) is 10.9. The Bertz CT molecular complexity index is 597. The summed E-state index contributed by atoms with van der Waals surface area (Å²) in [6, 6.07) is 12.2. The van der Waals surface area contributed by atoms with Gasteiger partial charge in [0.2, 0.25) is 0 Å². The number of nitrogens with one attached hydrogen (secondary N) is 1. The van der Waals surface area contributed by atoms with Crippen LogP contribution >= 0.6 is 12.2 Å². The van der Waals surface area contributed by atoms with Crippen molar-refractivity contribution in [2.75, 3.05) is 5.32 Å². The van der Waals surface area contributed by atoms with Gasteiger partial charge in [0.15, 0.2) is 0 Å². The molecule has 18 heavy (non-hydrogen) atoms. The summed E-state index contributed by atoms with van der Waals surface area (Å²) in [5.41, 5.74) is 7.83. The second-order valence-corrected chi connectivity index (χ2v) is 5.89. The number of hydrogen-bond donors (Lipinski definition) is 2. The van der Waals surface area contributed by atoms with Crippen LogP contribution in [-0.4, -0.2) is 10.5 Å². The van der Waals surface area contributed by atoms with Gasteiger partial charge in [-0.15, -0.1) is 0 Å². The predicted molar refractivity (Wildman–Crippen MR) is 83.2 cm³/mol. The van der Waals surface area contributed by atoms with Gasteiger partial charge in [0.1, 0.15) is 4.99 Å². The largest absolute Gasteiger partial charge is 0.389 e. The SMILES string of the molecule is CC(C)(C)Nc1ccc(C(N)=S)c2ccccc12. The molecule has 3 N–H and O–H groups in total. The van der Waals surface area contributed by atoms with Gasteiger partial charge in [-0.2, -0.15) is 0 Å². The van der Waals surface area contributed by atoms with Crippen molar-refractivity contribution in [2.24, 2.45) is 5.73 Å². The maximum absolute atomic E-state index is 5.77. The molecule has 3 heteroatoms. The van der Waals surface area contributed by atoms with Crippen molar-refractivity contribution in [1.82, 2.24) is 0 Å². The van der Waals surface area contributed by atoms with Gasteiger partial charge in [-0.3, -0.25) is 0 Å². The Morgan fingerprint density at radius 1 is 1.06 bits per heavy atom. The first-order valence-electron chi connectivity index (χ1n) is 5.98. The maximum atomic E-state index is 5.77. The fourth-order valence-corrected chi connectivity index (χ4v) is 2.20. The molecule has 94 valence electrons. The van der Waals surface area contributed by atoms with E-state index in [0.717, 1.165) is 22.0 Å². The summed E-state index contributed by atoms with van der Waals surface area (Å²) in [6.07, 6.45) is 0. The van der Waals surface area contributed by atoms with Gasteiger partial charge < -0.3 is 11.1 Å². The van der Waals surface area contributed by atoms with Crippen LogP contribution < -0.4 is 11.1 Å². The fraction of sp³-hybridized carbons (Fsp3) is 0.267. The topological polar surface area (TPSA) is 38.0 Å². The highest BCUT2D eigenvalue weighted by Gasteiger charge is 2.13. The average Bonchev–Trinajstić information content (AvgIpc) is 2.27. The van der Waals surface area contributed by atoms with Crippen molar-refractivity contribution in [3.05, 3.63) is 42.0 Å². The molecular weight excluding hydrogens is 240 g/mol. The molecule has 0 bridgehead atoms. The van der Waals surface area contributed by atoms with Crippen molar-refractivity contribution in [2.45, 2.75) is 26.3 Å². The standard InChI is InChI=1S/C15H18N2S/c1-15(2,3)17-13-9-8-12(14(16)18)10-6-4-5-7-11(10)13/h4-9,17H,1-3H3,(H2,16,18). The first-order chi connectivity index (χ1) is 8.38. The van der Waals surface area contributed by atoms with Gasteiger partial charge in [0, 0.05) is 22.2 Å². The van der Waals surface area contributed by atoms with E-state index in [0.29, 0.717) is 4.99 Å². The molecule has 0 unspecified atom stereocenters. The van der Waals surface area contributed by atoms with E-state index in [2.05, 4.69) is 38.2 Å². The fourth-order valence-electron chi connectivity index (χ4n) is 2.03. The van der Waals surface area contributed by atoms with E-state index in [-0.39, 0.29) is 5.54 Å². The molecule has 0 aromatic heterocycles. The smallest absolute Gasteiger partial charge is 0.104 e. The van der Waals surface area contributed by atoms with Crippen molar-refractivity contribution >= 4 is 33.7 Å². The molecule has 0 saturated heterocycles. The number of hydrogen-bond acceptors (Lipinski definition) is 2. The quantitative estimate of drug-likeness (QED) is 0.807. The van der Waals surface area contributed by atoms with Crippen molar-refractivity contribution in [3.8, 4) is 0 Å². The first-order valence-corrected chi connectivity index (χ1v) is 6.39. The molecule has 2 aromatic carbocycles. The van der Waals surface area contributed by atoms with Crippen molar-refractivity contribution < 1.29 is 0 Å². The predicted octanol–water partition coefficient (Wildman–Crippen LogP) is 3.68. The summed E-state index contributed by atoms with van der Waals surface area (Å²) in [6.45, 7) is 6.43. The summed E-state index contributed by atoms with van der Waals surface area (Å²) >= 11 is 5.10. The van der Waals surface area contributed by atoms with Gasteiger partial charge in [-0.25, -0.2) is 0 Å². The number of nitrogens with two attached hydrogens (primary N) is 1. The molecule has 0 spiro atoms. The van der Waals surface area contributed by atoms with Gasteiger partial charge in [-0.05, 0) is 38.3 Å². The molecule has 0 aliphatic carbocycles. The molecule has 2 rings (SSSR count). The Morgan fingerprint density at radius 2 is 1.67 bits per heavy atom. The highest BCUT2D eigenvalue weighted by atomic mass is 32.1. The Balaban J connectivity index is 2.65. The number of anilines is 1. The van der Waals surface area contributed by atoms with Crippen LogP contribution in [0.3, 0.4) is 0 Å². The third kappa shape index (κ3) is 2.62. The van der Waals surface area contributed by atoms with Gasteiger partial charge in [0.05, 0.1) is 0 Å². The van der Waals surface area contributed by atoms with Crippen LogP contribution in [0, 0.1) is 0 Å². The minimum Gasteiger partial charge on any atom is -0.389 e. The maximum Gasteiger partial charge on any atom is 0.104 e. The van der Waals surface area contributed by atoms with Crippen LogP contribution in [-0.2, 0) is 0 Å². The summed E-state index contributed by atoms with van der Waals surface area (Å²) in [5.74, 6) is 0. The number of benzene rings is 2. The lowest BCUT2D eigenvalue weighted by Crippen LogP contribution is -2.26. The second-order valence-electron chi connectivity index (χ2n) is 5.45. The highest BCUT2D eigenvalue weighted by Crippen LogP contribution is 2.28. The van der Waals surface area contributed by atoms with E-state index in [9.17, 15) is 0 Å². The molecule has 0 saturated carbocycles. The molecule has 0 fully saturated rings. The van der Waals surface area contributed by atoms with Gasteiger partial charge in [-0.1, -0.05) is 36.5 Å². The molecule has 0 amide bonds. The van der Waals surface area contributed by atoms with Crippen LogP contribution in [0.25, 0.3) is 10.8 Å². The van der Waals surface area contributed by atoms with Crippen LogP contribution in [0.4, 0.5) is 5.69 Å². The third-order valence-corrected chi connectivity index (χ3v) is 2.92. The number of thiocarbonyl (C=S) groups is 1. The molecular formula is C15H18N2S. The molecule has 0 heterocycles. The van der Waals surface area contributed by atoms with Crippen molar-refractivity contribution in [3.63, 3.8) is 0 Å². The third-order valence-electron chi connectivity index (χ3n) is 2.70. The molecule has 0 aliphatic heterocycles. The summed E-state index contributed by atoms with van der Waals surface area (Å²) in [7, 11) is 0. The summed E-state index contributed by atoms with van der Waals surface area (Å²) < 4.78 is 0. The number of fused-ring (bicyclic) bond motifs is 1. The minimum absolute atomic E-state index is 0.0213. The lowest BCUT2D eigenvalue weighted by atomic mass is 10.0. The molecule has 2 aromatic rings. The first kappa shape index (κ1) is 12.8. The van der Waals surface area contributed by atoms with Crippen LogP contribution in [0.2, 0.25) is 0 Å². The van der Waals surface area contributed by atoms with Crippen LogP contribution in [0.1, 0.15) is 26.3 Å². The van der Waals surface area contributed by atoms with E-state index >= 15 is 0 Å². The van der Waals surface area contributed by atoms with Crippen LogP contribution in [0.15, 0.2) is 36.4 Å². The van der Waals surface area contributed by atoms with Crippen molar-refractivity contribution in [1.29, 1.82) is 0 Å². The van der Waals surface area contributed by atoms with E-state index in [4.69, 9.17) is 18.0 Å². The zero-order valence-corrected chi connectivity index (χ0v) is 11.8.